The first-order chi connectivity index (χ1) is 11.7. The van der Waals surface area contributed by atoms with Gasteiger partial charge in [0.05, 0.1) is 19.3 Å². The Kier molecular flexibility index (Phi) is 4.06. The Bertz CT molecular complexity index is 741. The zero-order valence-corrected chi connectivity index (χ0v) is 13.4. The SMILES string of the molecule is O=C(c1ccn(-c2ccccc2F)n1)N1CCOCC1C1CCC1. The van der Waals surface area contributed by atoms with Gasteiger partial charge in [-0.15, -0.1) is 0 Å². The van der Waals surface area contributed by atoms with Crippen LogP contribution in [0.15, 0.2) is 36.5 Å². The number of benzene rings is 1. The number of halogens is 1. The number of morpholine rings is 1. The number of aromatic nitrogens is 2. The molecule has 2 aliphatic rings. The highest BCUT2D eigenvalue weighted by Gasteiger charge is 2.37. The summed E-state index contributed by atoms with van der Waals surface area (Å²) in [7, 11) is 0. The summed E-state index contributed by atoms with van der Waals surface area (Å²) in [6.07, 6.45) is 5.17. The molecule has 0 spiro atoms. The van der Waals surface area contributed by atoms with Crippen LogP contribution in [0, 0.1) is 11.7 Å². The lowest BCUT2D eigenvalue weighted by molar-refractivity contribution is -0.0333. The van der Waals surface area contributed by atoms with Gasteiger partial charge < -0.3 is 9.64 Å². The van der Waals surface area contributed by atoms with Crippen molar-refractivity contribution in [1.29, 1.82) is 0 Å². The van der Waals surface area contributed by atoms with Gasteiger partial charge in [0.2, 0.25) is 0 Å². The molecular weight excluding hydrogens is 309 g/mol. The molecule has 1 unspecified atom stereocenters. The number of hydrogen-bond donors (Lipinski definition) is 0. The largest absolute Gasteiger partial charge is 0.377 e. The van der Waals surface area contributed by atoms with Gasteiger partial charge in [-0.3, -0.25) is 4.79 Å². The molecule has 1 saturated carbocycles. The molecule has 6 heteroatoms. The Labute approximate surface area is 140 Å². The van der Waals surface area contributed by atoms with Gasteiger partial charge in [0.25, 0.3) is 5.91 Å². The van der Waals surface area contributed by atoms with Crippen LogP contribution in [0.1, 0.15) is 29.8 Å². The molecule has 1 aromatic heterocycles. The maximum absolute atomic E-state index is 13.9. The quantitative estimate of drug-likeness (QED) is 0.870. The van der Waals surface area contributed by atoms with Crippen molar-refractivity contribution in [3.05, 3.63) is 48.0 Å². The van der Waals surface area contributed by atoms with E-state index in [4.69, 9.17) is 4.74 Å². The minimum absolute atomic E-state index is 0.0923. The van der Waals surface area contributed by atoms with E-state index in [0.29, 0.717) is 37.1 Å². The van der Waals surface area contributed by atoms with Crippen LogP contribution in [0.3, 0.4) is 0 Å². The Morgan fingerprint density at radius 2 is 2.08 bits per heavy atom. The molecule has 0 N–H and O–H groups in total. The van der Waals surface area contributed by atoms with Crippen molar-refractivity contribution in [3.8, 4) is 5.69 Å². The summed E-state index contributed by atoms with van der Waals surface area (Å²) in [6.45, 7) is 1.75. The topological polar surface area (TPSA) is 47.4 Å². The van der Waals surface area contributed by atoms with Crippen molar-refractivity contribution in [2.45, 2.75) is 25.3 Å². The summed E-state index contributed by atoms with van der Waals surface area (Å²) in [4.78, 5) is 14.8. The van der Waals surface area contributed by atoms with Crippen molar-refractivity contribution >= 4 is 5.91 Å². The summed E-state index contributed by atoms with van der Waals surface area (Å²) in [6, 6.07) is 8.19. The highest BCUT2D eigenvalue weighted by atomic mass is 19.1. The second kappa shape index (κ2) is 6.36. The summed E-state index contributed by atoms with van der Waals surface area (Å²) in [5.74, 6) is 0.0755. The van der Waals surface area contributed by atoms with Gasteiger partial charge in [-0.05, 0) is 37.0 Å². The van der Waals surface area contributed by atoms with E-state index in [-0.39, 0.29) is 17.8 Å². The van der Waals surface area contributed by atoms with Crippen molar-refractivity contribution < 1.29 is 13.9 Å². The fourth-order valence-corrected chi connectivity index (χ4v) is 3.45. The summed E-state index contributed by atoms with van der Waals surface area (Å²) in [5.41, 5.74) is 0.693. The van der Waals surface area contributed by atoms with Gasteiger partial charge >= 0.3 is 0 Å². The monoisotopic (exact) mass is 329 g/mol. The molecule has 2 fully saturated rings. The molecule has 1 amide bonds. The zero-order chi connectivity index (χ0) is 16.5. The summed E-state index contributed by atoms with van der Waals surface area (Å²) < 4.78 is 20.9. The third-order valence-electron chi connectivity index (χ3n) is 5.03. The van der Waals surface area contributed by atoms with Crippen molar-refractivity contribution in [2.24, 2.45) is 5.92 Å². The number of rotatable bonds is 3. The Morgan fingerprint density at radius 3 is 2.83 bits per heavy atom. The Morgan fingerprint density at radius 1 is 1.25 bits per heavy atom. The zero-order valence-electron chi connectivity index (χ0n) is 13.4. The molecule has 1 aromatic carbocycles. The van der Waals surface area contributed by atoms with Crippen LogP contribution in [0.25, 0.3) is 5.69 Å². The second-order valence-electron chi connectivity index (χ2n) is 6.43. The van der Waals surface area contributed by atoms with Crippen LogP contribution in [-0.2, 0) is 4.74 Å². The van der Waals surface area contributed by atoms with E-state index in [1.165, 1.54) is 17.2 Å². The van der Waals surface area contributed by atoms with E-state index in [0.717, 1.165) is 12.8 Å². The van der Waals surface area contributed by atoms with E-state index in [9.17, 15) is 9.18 Å². The van der Waals surface area contributed by atoms with Crippen molar-refractivity contribution in [3.63, 3.8) is 0 Å². The molecule has 1 aliphatic heterocycles. The lowest BCUT2D eigenvalue weighted by atomic mass is 9.79. The van der Waals surface area contributed by atoms with Crippen LogP contribution in [-0.4, -0.2) is 46.4 Å². The van der Waals surface area contributed by atoms with Crippen LogP contribution >= 0.6 is 0 Å². The smallest absolute Gasteiger partial charge is 0.274 e. The lowest BCUT2D eigenvalue weighted by Gasteiger charge is -2.43. The number of nitrogens with zero attached hydrogens (tertiary/aromatic N) is 3. The van der Waals surface area contributed by atoms with Gasteiger partial charge in [0.15, 0.2) is 5.69 Å². The number of carbonyl (C=O) groups excluding carboxylic acids is 1. The number of para-hydroxylation sites is 1. The summed E-state index contributed by atoms with van der Waals surface area (Å²) >= 11 is 0. The van der Waals surface area contributed by atoms with Gasteiger partial charge in [0, 0.05) is 12.7 Å². The Hall–Kier alpha value is -2.21. The average molecular weight is 329 g/mol. The fourth-order valence-electron chi connectivity index (χ4n) is 3.45. The molecule has 0 radical (unpaired) electrons. The van der Waals surface area contributed by atoms with Crippen molar-refractivity contribution in [2.75, 3.05) is 19.8 Å². The lowest BCUT2D eigenvalue weighted by Crippen LogP contribution is -2.53. The molecule has 1 saturated heterocycles. The highest BCUT2D eigenvalue weighted by molar-refractivity contribution is 5.92. The van der Waals surface area contributed by atoms with Gasteiger partial charge in [0.1, 0.15) is 11.5 Å². The van der Waals surface area contributed by atoms with E-state index >= 15 is 0 Å². The molecule has 4 rings (SSSR count). The van der Waals surface area contributed by atoms with Crippen LogP contribution in [0.4, 0.5) is 4.39 Å². The number of ether oxygens (including phenoxy) is 1. The van der Waals surface area contributed by atoms with Crippen LogP contribution < -0.4 is 0 Å². The second-order valence-corrected chi connectivity index (χ2v) is 6.43. The molecule has 1 atom stereocenters. The predicted octanol–water partition coefficient (Wildman–Crippen LogP) is 2.65. The molecule has 2 heterocycles. The summed E-state index contributed by atoms with van der Waals surface area (Å²) in [5, 5.41) is 4.30. The standard InChI is InChI=1S/C18H20FN3O2/c19-14-6-1-2-7-16(14)22-9-8-15(20-22)18(23)21-10-11-24-12-17(21)13-4-3-5-13/h1-2,6-9,13,17H,3-5,10-12H2. The predicted molar refractivity (Wildman–Crippen MR) is 86.5 cm³/mol. The molecule has 126 valence electrons. The maximum Gasteiger partial charge on any atom is 0.274 e. The minimum atomic E-state index is -0.363. The number of amides is 1. The normalized spacial score (nSPS) is 21.5. The Balaban J connectivity index is 1.57. The first-order valence-electron chi connectivity index (χ1n) is 8.43. The molecule has 1 aliphatic carbocycles. The third kappa shape index (κ3) is 2.71. The highest BCUT2D eigenvalue weighted by Crippen LogP contribution is 2.34. The minimum Gasteiger partial charge on any atom is -0.377 e. The maximum atomic E-state index is 13.9. The third-order valence-corrected chi connectivity index (χ3v) is 5.03. The molecule has 5 nitrogen and oxygen atoms in total. The molecular formula is C18H20FN3O2. The first-order valence-corrected chi connectivity index (χ1v) is 8.43. The van der Waals surface area contributed by atoms with E-state index in [1.807, 2.05) is 4.90 Å². The fraction of sp³-hybridized carbons (Fsp3) is 0.444. The van der Waals surface area contributed by atoms with E-state index in [1.54, 1.807) is 30.5 Å². The molecule has 24 heavy (non-hydrogen) atoms. The van der Waals surface area contributed by atoms with Crippen LogP contribution in [0.5, 0.6) is 0 Å². The van der Waals surface area contributed by atoms with Crippen LogP contribution in [0.2, 0.25) is 0 Å². The molecule has 0 bridgehead atoms. The van der Waals surface area contributed by atoms with E-state index in [2.05, 4.69) is 5.10 Å². The van der Waals surface area contributed by atoms with E-state index < -0.39 is 0 Å². The first kappa shape index (κ1) is 15.3. The van der Waals surface area contributed by atoms with Gasteiger partial charge in [-0.1, -0.05) is 18.6 Å². The van der Waals surface area contributed by atoms with Gasteiger partial charge in [-0.2, -0.15) is 5.10 Å². The number of carbonyl (C=O) groups is 1. The molecule has 2 aromatic rings. The van der Waals surface area contributed by atoms with Crippen molar-refractivity contribution in [1.82, 2.24) is 14.7 Å². The number of hydrogen-bond acceptors (Lipinski definition) is 3. The average Bonchev–Trinajstić information content (AvgIpc) is 3.03. The van der Waals surface area contributed by atoms with Gasteiger partial charge in [-0.25, -0.2) is 9.07 Å².